The molecule has 0 aliphatic heterocycles. The van der Waals surface area contributed by atoms with Gasteiger partial charge in [-0.2, -0.15) is 0 Å². The van der Waals surface area contributed by atoms with Crippen molar-refractivity contribution in [3.05, 3.63) is 0 Å². The van der Waals surface area contributed by atoms with Gasteiger partial charge in [-0.25, -0.2) is 0 Å². The largest absolute Gasteiger partial charge is 0.354 e. The first-order valence-corrected chi connectivity index (χ1v) is 6.17. The van der Waals surface area contributed by atoms with Crippen LogP contribution in [0.15, 0.2) is 0 Å². The van der Waals surface area contributed by atoms with Gasteiger partial charge < -0.3 is 15.5 Å². The lowest BCUT2D eigenvalue weighted by molar-refractivity contribution is -0.126. The highest BCUT2D eigenvalue weighted by atomic mass is 16.2. The van der Waals surface area contributed by atoms with Crippen LogP contribution in [0.5, 0.6) is 0 Å². The van der Waals surface area contributed by atoms with Crippen LogP contribution < -0.4 is 10.6 Å². The Kier molecular flexibility index (Phi) is 7.34. The van der Waals surface area contributed by atoms with E-state index >= 15 is 0 Å². The topological polar surface area (TPSA) is 44.4 Å². The van der Waals surface area contributed by atoms with Crippen LogP contribution >= 0.6 is 0 Å². The minimum atomic E-state index is -0.477. The van der Waals surface area contributed by atoms with Gasteiger partial charge in [0.15, 0.2) is 0 Å². The molecule has 0 atom stereocenters. The first kappa shape index (κ1) is 15.4. The molecule has 0 saturated carbocycles. The molecule has 1 amide bonds. The average molecular weight is 229 g/mol. The third-order valence-corrected chi connectivity index (χ3v) is 3.02. The lowest BCUT2D eigenvalue weighted by atomic mass is 10.1. The molecule has 0 aromatic heterocycles. The van der Waals surface area contributed by atoms with Gasteiger partial charge in [0.05, 0.1) is 5.54 Å². The zero-order chi connectivity index (χ0) is 12.6. The van der Waals surface area contributed by atoms with Gasteiger partial charge >= 0.3 is 0 Å². The van der Waals surface area contributed by atoms with Crippen LogP contribution in [-0.2, 0) is 4.79 Å². The summed E-state index contributed by atoms with van der Waals surface area (Å²) < 4.78 is 0. The first-order chi connectivity index (χ1) is 7.47. The second-order valence-corrected chi connectivity index (χ2v) is 4.51. The molecule has 0 heterocycles. The van der Waals surface area contributed by atoms with E-state index in [1.165, 1.54) is 0 Å². The Labute approximate surface area is 99.8 Å². The fourth-order valence-electron chi connectivity index (χ4n) is 1.38. The van der Waals surface area contributed by atoms with Gasteiger partial charge in [0.1, 0.15) is 0 Å². The summed E-state index contributed by atoms with van der Waals surface area (Å²) in [5, 5.41) is 5.94. The number of carbonyl (C=O) groups is 1. The predicted molar refractivity (Wildman–Crippen MR) is 68.6 cm³/mol. The molecule has 0 unspecified atom stereocenters. The zero-order valence-corrected chi connectivity index (χ0v) is 11.4. The van der Waals surface area contributed by atoms with Crippen molar-refractivity contribution in [2.45, 2.75) is 39.7 Å². The van der Waals surface area contributed by atoms with E-state index in [1.54, 1.807) is 7.05 Å². The third-order valence-electron chi connectivity index (χ3n) is 3.02. The Morgan fingerprint density at radius 2 is 1.81 bits per heavy atom. The van der Waals surface area contributed by atoms with Crippen molar-refractivity contribution >= 4 is 5.91 Å². The Balaban J connectivity index is 3.71. The maximum Gasteiger partial charge on any atom is 0.239 e. The van der Waals surface area contributed by atoms with E-state index in [0.717, 1.165) is 32.6 Å². The maximum atomic E-state index is 11.7. The molecule has 0 spiro atoms. The molecule has 0 bridgehead atoms. The minimum absolute atomic E-state index is 0.0644. The van der Waals surface area contributed by atoms with Crippen molar-refractivity contribution in [2.75, 3.05) is 33.2 Å². The highest BCUT2D eigenvalue weighted by Gasteiger charge is 2.24. The van der Waals surface area contributed by atoms with Crippen LogP contribution in [-0.4, -0.2) is 49.6 Å². The lowest BCUT2D eigenvalue weighted by Crippen LogP contribution is -2.51. The van der Waals surface area contributed by atoms with Gasteiger partial charge in [-0.15, -0.1) is 0 Å². The summed E-state index contributed by atoms with van der Waals surface area (Å²) in [6, 6.07) is 0. The van der Waals surface area contributed by atoms with E-state index in [2.05, 4.69) is 29.4 Å². The van der Waals surface area contributed by atoms with Gasteiger partial charge in [-0.3, -0.25) is 4.79 Å². The Morgan fingerprint density at radius 1 is 1.25 bits per heavy atom. The van der Waals surface area contributed by atoms with E-state index < -0.39 is 5.54 Å². The Morgan fingerprint density at radius 3 is 2.25 bits per heavy atom. The van der Waals surface area contributed by atoms with Gasteiger partial charge in [-0.05, 0) is 47.0 Å². The second kappa shape index (κ2) is 7.63. The molecule has 0 saturated heterocycles. The Bertz CT molecular complexity index is 200. The van der Waals surface area contributed by atoms with Crippen molar-refractivity contribution in [1.82, 2.24) is 15.5 Å². The second-order valence-electron chi connectivity index (χ2n) is 4.51. The summed E-state index contributed by atoms with van der Waals surface area (Å²) in [5.41, 5.74) is -0.477. The van der Waals surface area contributed by atoms with Crippen molar-refractivity contribution in [2.24, 2.45) is 0 Å². The maximum absolute atomic E-state index is 11.7. The normalized spacial score (nSPS) is 11.9. The fourth-order valence-corrected chi connectivity index (χ4v) is 1.38. The van der Waals surface area contributed by atoms with E-state index in [-0.39, 0.29) is 5.91 Å². The van der Waals surface area contributed by atoms with Crippen molar-refractivity contribution < 1.29 is 4.79 Å². The molecule has 2 N–H and O–H groups in total. The summed E-state index contributed by atoms with van der Waals surface area (Å²) in [7, 11) is 1.80. The molecular weight excluding hydrogens is 202 g/mol. The van der Waals surface area contributed by atoms with Crippen molar-refractivity contribution in [3.8, 4) is 0 Å². The SMILES string of the molecule is CCN(CC)CCCNC(=O)C(C)(C)NC. The van der Waals surface area contributed by atoms with Crippen LogP contribution in [0.2, 0.25) is 0 Å². The smallest absolute Gasteiger partial charge is 0.239 e. The van der Waals surface area contributed by atoms with Crippen molar-refractivity contribution in [3.63, 3.8) is 0 Å². The molecule has 96 valence electrons. The molecule has 0 aromatic rings. The predicted octanol–water partition coefficient (Wildman–Crippen LogP) is 0.833. The fraction of sp³-hybridized carbons (Fsp3) is 0.917. The van der Waals surface area contributed by atoms with Gasteiger partial charge in [0, 0.05) is 6.54 Å². The van der Waals surface area contributed by atoms with Crippen LogP contribution in [0.1, 0.15) is 34.1 Å². The lowest BCUT2D eigenvalue weighted by Gasteiger charge is -2.23. The van der Waals surface area contributed by atoms with Gasteiger partial charge in [0.25, 0.3) is 0 Å². The van der Waals surface area contributed by atoms with Crippen LogP contribution in [0.25, 0.3) is 0 Å². The van der Waals surface area contributed by atoms with E-state index in [0.29, 0.717) is 0 Å². The number of hydrogen-bond acceptors (Lipinski definition) is 3. The van der Waals surface area contributed by atoms with E-state index in [9.17, 15) is 4.79 Å². The van der Waals surface area contributed by atoms with Gasteiger partial charge in [0.2, 0.25) is 5.91 Å². The highest BCUT2D eigenvalue weighted by Crippen LogP contribution is 2.00. The summed E-state index contributed by atoms with van der Waals surface area (Å²) in [6.07, 6.45) is 1.01. The molecule has 0 fully saturated rings. The van der Waals surface area contributed by atoms with Crippen molar-refractivity contribution in [1.29, 1.82) is 0 Å². The molecule has 4 heteroatoms. The van der Waals surface area contributed by atoms with E-state index in [4.69, 9.17) is 0 Å². The van der Waals surface area contributed by atoms with Crippen LogP contribution in [0.3, 0.4) is 0 Å². The molecule has 16 heavy (non-hydrogen) atoms. The monoisotopic (exact) mass is 229 g/mol. The molecule has 0 rings (SSSR count). The number of likely N-dealkylation sites (N-methyl/N-ethyl adjacent to an activating group) is 1. The number of amides is 1. The number of nitrogens with zero attached hydrogens (tertiary/aromatic N) is 1. The number of hydrogen-bond donors (Lipinski definition) is 2. The molecule has 0 aliphatic rings. The average Bonchev–Trinajstić information content (AvgIpc) is 2.29. The first-order valence-electron chi connectivity index (χ1n) is 6.17. The Hall–Kier alpha value is -0.610. The van der Waals surface area contributed by atoms with E-state index in [1.807, 2.05) is 13.8 Å². The quantitative estimate of drug-likeness (QED) is 0.606. The summed E-state index contributed by atoms with van der Waals surface area (Å²) in [6.45, 7) is 12.0. The van der Waals surface area contributed by atoms with Crippen LogP contribution in [0.4, 0.5) is 0 Å². The number of carbonyl (C=O) groups excluding carboxylic acids is 1. The summed E-state index contributed by atoms with van der Waals surface area (Å²) in [4.78, 5) is 14.0. The molecule has 0 radical (unpaired) electrons. The third kappa shape index (κ3) is 5.47. The molecular formula is C12H27N3O. The van der Waals surface area contributed by atoms with Gasteiger partial charge in [-0.1, -0.05) is 13.8 Å². The standard InChI is InChI=1S/C12H27N3O/c1-6-15(7-2)10-8-9-14-11(16)12(3,4)13-5/h13H,6-10H2,1-5H3,(H,14,16). The van der Waals surface area contributed by atoms with Crippen LogP contribution in [0, 0.1) is 0 Å². The molecule has 4 nitrogen and oxygen atoms in total. The highest BCUT2D eigenvalue weighted by molar-refractivity contribution is 5.85. The minimum Gasteiger partial charge on any atom is -0.354 e. The number of nitrogens with one attached hydrogen (secondary N) is 2. The number of rotatable bonds is 8. The summed E-state index contributed by atoms with van der Waals surface area (Å²) in [5.74, 6) is 0.0644. The zero-order valence-electron chi connectivity index (χ0n) is 11.4. The summed E-state index contributed by atoms with van der Waals surface area (Å²) >= 11 is 0. The molecule has 0 aliphatic carbocycles. The molecule has 0 aromatic carbocycles.